The minimum Gasteiger partial charge on any atom is -0.462 e. The first-order valence-corrected chi connectivity index (χ1v) is 6.93. The maximum absolute atomic E-state index is 11.9. The summed E-state index contributed by atoms with van der Waals surface area (Å²) < 4.78 is 5.09. The van der Waals surface area contributed by atoms with E-state index in [1.54, 1.807) is 0 Å². The van der Waals surface area contributed by atoms with Crippen molar-refractivity contribution in [1.29, 1.82) is 0 Å². The fraction of sp³-hybridized carbons (Fsp3) is 0.500. The van der Waals surface area contributed by atoms with Crippen LogP contribution in [0.2, 0.25) is 0 Å². The number of nitro groups is 1. The van der Waals surface area contributed by atoms with Gasteiger partial charge in [-0.3, -0.25) is 10.1 Å². The molecule has 0 heterocycles. The van der Waals surface area contributed by atoms with E-state index in [0.717, 1.165) is 25.7 Å². The number of nitrogen functional groups attached to an aromatic ring is 1. The number of esters is 1. The van der Waals surface area contributed by atoms with Gasteiger partial charge in [0.1, 0.15) is 5.56 Å². The van der Waals surface area contributed by atoms with Gasteiger partial charge in [0.15, 0.2) is 0 Å². The molecule has 8 heteroatoms. The second-order valence-corrected chi connectivity index (χ2v) is 4.55. The quantitative estimate of drug-likeness (QED) is 0.258. The van der Waals surface area contributed by atoms with Crippen molar-refractivity contribution >= 4 is 29.8 Å². The second kappa shape index (κ2) is 9.97. The molecule has 1 aromatic carbocycles. The van der Waals surface area contributed by atoms with Crippen LogP contribution in [0.5, 0.6) is 0 Å². The number of anilines is 1. The molecule has 1 rings (SSSR count). The van der Waals surface area contributed by atoms with Gasteiger partial charge in [0.05, 0.1) is 11.5 Å². The standard InChI is InChI=1S/C14H21N3O4.ClH/c1-3-16(4-2)8-5-9-21-14(18)12-7-6-11(15)10-13(12)17(19)20;/h6-7,10H,3-5,8-9,15H2,1-2H3;1H. The normalized spacial score (nSPS) is 10.1. The van der Waals surface area contributed by atoms with Crippen LogP contribution >= 0.6 is 12.4 Å². The SMILES string of the molecule is CCN(CC)CCCOC(=O)c1ccc(N)cc1[N+](=O)[O-].Cl. The lowest BCUT2D eigenvalue weighted by Gasteiger charge is -2.17. The maximum Gasteiger partial charge on any atom is 0.345 e. The lowest BCUT2D eigenvalue weighted by atomic mass is 10.1. The van der Waals surface area contributed by atoms with Gasteiger partial charge in [-0.1, -0.05) is 13.8 Å². The first-order valence-electron chi connectivity index (χ1n) is 6.93. The Morgan fingerprint density at radius 1 is 1.36 bits per heavy atom. The molecule has 0 unspecified atom stereocenters. The number of hydrogen-bond donors (Lipinski definition) is 1. The molecule has 0 aliphatic carbocycles. The summed E-state index contributed by atoms with van der Waals surface area (Å²) in [5.41, 5.74) is 5.32. The second-order valence-electron chi connectivity index (χ2n) is 4.55. The minimum atomic E-state index is -0.693. The fourth-order valence-corrected chi connectivity index (χ4v) is 1.94. The first kappa shape index (κ1) is 20.1. The highest BCUT2D eigenvalue weighted by molar-refractivity contribution is 5.94. The van der Waals surface area contributed by atoms with Gasteiger partial charge < -0.3 is 15.4 Å². The number of carbonyl (C=O) groups is 1. The van der Waals surface area contributed by atoms with E-state index in [9.17, 15) is 14.9 Å². The number of nitrogens with two attached hydrogens (primary N) is 1. The highest BCUT2D eigenvalue weighted by Crippen LogP contribution is 2.22. The van der Waals surface area contributed by atoms with Gasteiger partial charge in [-0.2, -0.15) is 0 Å². The predicted octanol–water partition coefficient (Wildman–Crippen LogP) is 2.49. The van der Waals surface area contributed by atoms with E-state index in [-0.39, 0.29) is 36.0 Å². The molecule has 2 N–H and O–H groups in total. The molecule has 0 fully saturated rings. The summed E-state index contributed by atoms with van der Waals surface area (Å²) in [7, 11) is 0. The monoisotopic (exact) mass is 331 g/mol. The molecule has 0 aliphatic heterocycles. The van der Waals surface area contributed by atoms with Crippen LogP contribution in [-0.4, -0.2) is 42.0 Å². The fourth-order valence-electron chi connectivity index (χ4n) is 1.94. The van der Waals surface area contributed by atoms with Crippen LogP contribution in [-0.2, 0) is 4.74 Å². The Labute approximate surface area is 136 Å². The van der Waals surface area contributed by atoms with Crippen molar-refractivity contribution in [2.75, 3.05) is 32.0 Å². The molecule has 0 atom stereocenters. The van der Waals surface area contributed by atoms with Crippen molar-refractivity contribution in [3.8, 4) is 0 Å². The summed E-state index contributed by atoms with van der Waals surface area (Å²) in [4.78, 5) is 24.4. The number of ether oxygens (including phenoxy) is 1. The van der Waals surface area contributed by atoms with Gasteiger partial charge in [0.25, 0.3) is 5.69 Å². The van der Waals surface area contributed by atoms with Gasteiger partial charge in [-0.25, -0.2) is 4.79 Å². The molecular weight excluding hydrogens is 310 g/mol. The van der Waals surface area contributed by atoms with Crippen LogP contribution in [0.4, 0.5) is 11.4 Å². The molecule has 1 aromatic rings. The Bertz CT molecular complexity index is 507. The van der Waals surface area contributed by atoms with Crippen molar-refractivity contribution in [2.45, 2.75) is 20.3 Å². The molecule has 0 amide bonds. The summed E-state index contributed by atoms with van der Waals surface area (Å²) in [5.74, 6) is -0.693. The number of carbonyl (C=O) groups excluding carboxylic acids is 1. The molecule has 124 valence electrons. The number of halogens is 1. The van der Waals surface area contributed by atoms with Crippen LogP contribution in [0.25, 0.3) is 0 Å². The zero-order chi connectivity index (χ0) is 15.8. The molecule has 0 saturated heterocycles. The smallest absolute Gasteiger partial charge is 0.345 e. The third-order valence-corrected chi connectivity index (χ3v) is 3.18. The molecule has 0 aliphatic rings. The van der Waals surface area contributed by atoms with Gasteiger partial charge in [-0.15, -0.1) is 12.4 Å². The van der Waals surface area contributed by atoms with E-state index in [0.29, 0.717) is 6.42 Å². The molecule has 0 radical (unpaired) electrons. The minimum absolute atomic E-state index is 0. The van der Waals surface area contributed by atoms with Crippen molar-refractivity contribution in [3.63, 3.8) is 0 Å². The summed E-state index contributed by atoms with van der Waals surface area (Å²) in [6.45, 7) is 7.06. The van der Waals surface area contributed by atoms with E-state index < -0.39 is 10.9 Å². The average Bonchev–Trinajstić information content (AvgIpc) is 2.47. The summed E-state index contributed by atoms with van der Waals surface area (Å²) in [5, 5.41) is 10.9. The largest absolute Gasteiger partial charge is 0.462 e. The van der Waals surface area contributed by atoms with E-state index in [1.165, 1.54) is 12.1 Å². The number of rotatable bonds is 8. The van der Waals surface area contributed by atoms with Gasteiger partial charge in [0.2, 0.25) is 0 Å². The van der Waals surface area contributed by atoms with Gasteiger partial charge in [-0.05, 0) is 31.6 Å². The van der Waals surface area contributed by atoms with Crippen LogP contribution in [0.1, 0.15) is 30.6 Å². The van der Waals surface area contributed by atoms with Crippen LogP contribution in [0, 0.1) is 10.1 Å². The summed E-state index contributed by atoms with van der Waals surface area (Å²) >= 11 is 0. The molecule has 22 heavy (non-hydrogen) atoms. The van der Waals surface area contributed by atoms with Crippen LogP contribution < -0.4 is 5.73 Å². The Kier molecular flexibility index (Phi) is 9.12. The Morgan fingerprint density at radius 3 is 2.55 bits per heavy atom. The van der Waals surface area contributed by atoms with Gasteiger partial charge >= 0.3 is 5.97 Å². The molecule has 0 aromatic heterocycles. The third-order valence-electron chi connectivity index (χ3n) is 3.18. The van der Waals surface area contributed by atoms with Gasteiger partial charge in [0, 0.05) is 18.3 Å². The number of hydrogen-bond acceptors (Lipinski definition) is 6. The molecule has 0 spiro atoms. The average molecular weight is 332 g/mol. The lowest BCUT2D eigenvalue weighted by Crippen LogP contribution is -2.25. The molecule has 0 saturated carbocycles. The van der Waals surface area contributed by atoms with E-state index >= 15 is 0 Å². The highest BCUT2D eigenvalue weighted by atomic mass is 35.5. The van der Waals surface area contributed by atoms with Crippen molar-refractivity contribution in [3.05, 3.63) is 33.9 Å². The van der Waals surface area contributed by atoms with Crippen molar-refractivity contribution < 1.29 is 14.5 Å². The predicted molar refractivity (Wildman–Crippen MR) is 87.4 cm³/mol. The lowest BCUT2D eigenvalue weighted by molar-refractivity contribution is -0.385. The molecule has 0 bridgehead atoms. The van der Waals surface area contributed by atoms with Crippen LogP contribution in [0.15, 0.2) is 18.2 Å². The Morgan fingerprint density at radius 2 is 2.00 bits per heavy atom. The van der Waals surface area contributed by atoms with E-state index in [2.05, 4.69) is 18.7 Å². The third kappa shape index (κ3) is 5.87. The zero-order valence-corrected chi connectivity index (χ0v) is 13.6. The topological polar surface area (TPSA) is 98.7 Å². The van der Waals surface area contributed by atoms with Crippen molar-refractivity contribution in [2.24, 2.45) is 0 Å². The van der Waals surface area contributed by atoms with E-state index in [4.69, 9.17) is 10.5 Å². The zero-order valence-electron chi connectivity index (χ0n) is 12.8. The molecular formula is C14H22ClN3O4. The summed E-state index contributed by atoms with van der Waals surface area (Å²) in [6, 6.07) is 3.92. The maximum atomic E-state index is 11.9. The number of nitrogens with zero attached hydrogens (tertiary/aromatic N) is 2. The molecule has 7 nitrogen and oxygen atoms in total. The first-order chi connectivity index (χ1) is 9.99. The number of benzene rings is 1. The number of nitro benzene ring substituents is 1. The van der Waals surface area contributed by atoms with E-state index in [1.807, 2.05) is 0 Å². The van der Waals surface area contributed by atoms with Crippen molar-refractivity contribution in [1.82, 2.24) is 4.90 Å². The highest BCUT2D eigenvalue weighted by Gasteiger charge is 2.21. The summed E-state index contributed by atoms with van der Waals surface area (Å²) in [6.07, 6.45) is 0.691. The van der Waals surface area contributed by atoms with Crippen LogP contribution in [0.3, 0.4) is 0 Å². The Balaban J connectivity index is 0.00000441. The Hall–Kier alpha value is -1.86.